The maximum atomic E-state index is 3.51. The predicted octanol–water partition coefficient (Wildman–Crippen LogP) is 3.69. The first kappa shape index (κ1) is 10.9. The Hall–Kier alpha value is -1.25. The first-order valence-corrected chi connectivity index (χ1v) is 6.99. The molecular formula is C15H15NS. The summed E-state index contributed by atoms with van der Waals surface area (Å²) in [6.45, 7) is 1.12. The monoisotopic (exact) mass is 241 g/mol. The number of hydrogen-bond acceptors (Lipinski definition) is 2. The van der Waals surface area contributed by atoms with Crippen LogP contribution < -0.4 is 5.32 Å². The lowest BCUT2D eigenvalue weighted by Crippen LogP contribution is -2.11. The summed E-state index contributed by atoms with van der Waals surface area (Å²) in [6.07, 6.45) is 0. The van der Waals surface area contributed by atoms with Crippen molar-refractivity contribution in [2.75, 3.05) is 12.3 Å². The van der Waals surface area contributed by atoms with Gasteiger partial charge in [-0.1, -0.05) is 48.5 Å². The maximum Gasteiger partial charge on any atom is 0.0790 e. The quantitative estimate of drug-likeness (QED) is 0.860. The summed E-state index contributed by atoms with van der Waals surface area (Å²) in [5, 5.41) is 3.99. The lowest BCUT2D eigenvalue weighted by molar-refractivity contribution is 0.751. The number of hydrogen-bond donors (Lipinski definition) is 1. The van der Waals surface area contributed by atoms with Gasteiger partial charge in [-0.25, -0.2) is 0 Å². The zero-order valence-corrected chi connectivity index (χ0v) is 10.4. The molecule has 2 heteroatoms. The molecule has 1 nitrogen and oxygen atoms in total. The van der Waals surface area contributed by atoms with Crippen molar-refractivity contribution in [3.05, 3.63) is 60.2 Å². The van der Waals surface area contributed by atoms with Gasteiger partial charge in [-0.3, -0.25) is 0 Å². The molecule has 17 heavy (non-hydrogen) atoms. The van der Waals surface area contributed by atoms with Crippen molar-refractivity contribution in [1.29, 1.82) is 0 Å². The summed E-state index contributed by atoms with van der Waals surface area (Å²) in [4.78, 5) is 0. The molecule has 1 fully saturated rings. The van der Waals surface area contributed by atoms with Crippen molar-refractivity contribution in [2.45, 2.75) is 5.37 Å². The van der Waals surface area contributed by atoms with E-state index in [0.29, 0.717) is 5.37 Å². The fraction of sp³-hybridized carbons (Fsp3) is 0.200. The van der Waals surface area contributed by atoms with E-state index in [1.165, 1.54) is 22.4 Å². The summed E-state index contributed by atoms with van der Waals surface area (Å²) >= 11 is 1.99. The van der Waals surface area contributed by atoms with E-state index in [9.17, 15) is 0 Å². The van der Waals surface area contributed by atoms with Gasteiger partial charge in [-0.05, 0) is 22.8 Å². The Kier molecular flexibility index (Phi) is 3.16. The van der Waals surface area contributed by atoms with E-state index in [0.717, 1.165) is 6.54 Å². The Labute approximate surface area is 106 Å². The van der Waals surface area contributed by atoms with Crippen LogP contribution in [0.4, 0.5) is 0 Å². The van der Waals surface area contributed by atoms with E-state index >= 15 is 0 Å². The van der Waals surface area contributed by atoms with Gasteiger partial charge in [0, 0.05) is 12.3 Å². The van der Waals surface area contributed by atoms with Gasteiger partial charge in [0.25, 0.3) is 0 Å². The molecule has 0 aliphatic carbocycles. The molecule has 86 valence electrons. The minimum Gasteiger partial charge on any atom is -0.301 e. The van der Waals surface area contributed by atoms with Gasteiger partial charge in [-0.2, -0.15) is 0 Å². The van der Waals surface area contributed by atoms with Gasteiger partial charge >= 0.3 is 0 Å². The summed E-state index contributed by atoms with van der Waals surface area (Å²) < 4.78 is 0. The maximum absolute atomic E-state index is 3.51. The first-order chi connectivity index (χ1) is 8.43. The average molecular weight is 241 g/mol. The third-order valence-corrected chi connectivity index (χ3v) is 4.22. The Balaban J connectivity index is 1.94. The van der Waals surface area contributed by atoms with Crippen LogP contribution in [0.25, 0.3) is 11.1 Å². The van der Waals surface area contributed by atoms with Crippen molar-refractivity contribution < 1.29 is 0 Å². The summed E-state index contributed by atoms with van der Waals surface area (Å²) in [6, 6.07) is 19.4. The fourth-order valence-electron chi connectivity index (χ4n) is 2.15. The molecule has 1 heterocycles. The van der Waals surface area contributed by atoms with Gasteiger partial charge in [0.1, 0.15) is 0 Å². The van der Waals surface area contributed by atoms with Gasteiger partial charge in [-0.15, -0.1) is 11.8 Å². The molecule has 0 bridgehead atoms. The third kappa shape index (κ3) is 2.38. The van der Waals surface area contributed by atoms with Gasteiger partial charge < -0.3 is 5.32 Å². The molecule has 0 amide bonds. The highest BCUT2D eigenvalue weighted by Gasteiger charge is 2.16. The second-order valence-electron chi connectivity index (χ2n) is 4.20. The van der Waals surface area contributed by atoms with E-state index < -0.39 is 0 Å². The number of nitrogens with one attached hydrogen (secondary N) is 1. The molecule has 1 atom stereocenters. The fourth-order valence-corrected chi connectivity index (χ4v) is 3.20. The van der Waals surface area contributed by atoms with Crippen LogP contribution in [0.5, 0.6) is 0 Å². The minimum atomic E-state index is 0.471. The van der Waals surface area contributed by atoms with Crippen molar-refractivity contribution in [1.82, 2.24) is 5.32 Å². The van der Waals surface area contributed by atoms with Crippen molar-refractivity contribution in [2.24, 2.45) is 0 Å². The standard InChI is InChI=1S/C15H15NS/c1-2-5-12(6-3-1)13-7-4-8-14(11-13)15-16-9-10-17-15/h1-8,11,15-16H,9-10H2. The molecule has 0 saturated carbocycles. The summed E-state index contributed by atoms with van der Waals surface area (Å²) in [5.41, 5.74) is 3.98. The number of rotatable bonds is 2. The number of thioether (sulfide) groups is 1. The van der Waals surface area contributed by atoms with Crippen LogP contribution in [0.3, 0.4) is 0 Å². The third-order valence-electron chi connectivity index (χ3n) is 3.01. The van der Waals surface area contributed by atoms with Crippen molar-refractivity contribution in [3.63, 3.8) is 0 Å². The predicted molar refractivity (Wildman–Crippen MR) is 75.1 cm³/mol. The summed E-state index contributed by atoms with van der Waals surface area (Å²) in [7, 11) is 0. The topological polar surface area (TPSA) is 12.0 Å². The molecule has 1 saturated heterocycles. The highest BCUT2D eigenvalue weighted by molar-refractivity contribution is 7.99. The summed E-state index contributed by atoms with van der Waals surface area (Å²) in [5.74, 6) is 1.21. The first-order valence-electron chi connectivity index (χ1n) is 5.94. The molecule has 0 radical (unpaired) electrons. The molecule has 2 aromatic rings. The van der Waals surface area contributed by atoms with Crippen LogP contribution in [0.1, 0.15) is 10.9 Å². The van der Waals surface area contributed by atoms with E-state index in [1.807, 2.05) is 11.8 Å². The van der Waals surface area contributed by atoms with E-state index in [4.69, 9.17) is 0 Å². The zero-order chi connectivity index (χ0) is 11.5. The molecule has 3 rings (SSSR count). The molecule has 2 aromatic carbocycles. The van der Waals surface area contributed by atoms with Crippen LogP contribution in [0, 0.1) is 0 Å². The Morgan fingerprint density at radius 1 is 0.941 bits per heavy atom. The smallest absolute Gasteiger partial charge is 0.0790 e. The van der Waals surface area contributed by atoms with E-state index in [-0.39, 0.29) is 0 Å². The van der Waals surface area contributed by atoms with Crippen LogP contribution >= 0.6 is 11.8 Å². The van der Waals surface area contributed by atoms with Gasteiger partial charge in [0.05, 0.1) is 5.37 Å². The van der Waals surface area contributed by atoms with Gasteiger partial charge in [0.15, 0.2) is 0 Å². The molecule has 0 aromatic heterocycles. The van der Waals surface area contributed by atoms with E-state index in [2.05, 4.69) is 59.9 Å². The SMILES string of the molecule is c1ccc(-c2cccc(C3NCCS3)c2)cc1. The largest absolute Gasteiger partial charge is 0.301 e. The van der Waals surface area contributed by atoms with Crippen LogP contribution in [0.15, 0.2) is 54.6 Å². The molecule has 1 aliphatic rings. The molecule has 1 N–H and O–H groups in total. The number of benzene rings is 2. The van der Waals surface area contributed by atoms with Crippen LogP contribution in [-0.4, -0.2) is 12.3 Å². The second kappa shape index (κ2) is 4.94. The molecule has 0 spiro atoms. The molecule has 1 unspecified atom stereocenters. The highest BCUT2D eigenvalue weighted by atomic mass is 32.2. The van der Waals surface area contributed by atoms with Crippen molar-refractivity contribution in [3.8, 4) is 11.1 Å². The van der Waals surface area contributed by atoms with Gasteiger partial charge in [0.2, 0.25) is 0 Å². The van der Waals surface area contributed by atoms with Crippen LogP contribution in [-0.2, 0) is 0 Å². The minimum absolute atomic E-state index is 0.471. The second-order valence-corrected chi connectivity index (χ2v) is 5.41. The van der Waals surface area contributed by atoms with Crippen LogP contribution in [0.2, 0.25) is 0 Å². The lowest BCUT2D eigenvalue weighted by Gasteiger charge is -2.11. The Bertz CT molecular complexity index is 489. The Morgan fingerprint density at radius 3 is 2.53 bits per heavy atom. The normalized spacial score (nSPS) is 19.4. The Morgan fingerprint density at radius 2 is 1.76 bits per heavy atom. The average Bonchev–Trinajstić information content (AvgIpc) is 2.94. The van der Waals surface area contributed by atoms with Crippen molar-refractivity contribution >= 4 is 11.8 Å². The lowest BCUT2D eigenvalue weighted by atomic mass is 10.0. The highest BCUT2D eigenvalue weighted by Crippen LogP contribution is 2.32. The van der Waals surface area contributed by atoms with E-state index in [1.54, 1.807) is 0 Å². The zero-order valence-electron chi connectivity index (χ0n) is 9.60. The molecular weight excluding hydrogens is 226 g/mol. The molecule has 1 aliphatic heterocycles.